The molecule has 0 saturated heterocycles. The molecule has 0 radical (unpaired) electrons. The lowest BCUT2D eigenvalue weighted by Crippen LogP contribution is -2.23. The molecule has 0 aliphatic rings. The summed E-state index contributed by atoms with van der Waals surface area (Å²) in [4.78, 5) is 0. The number of hydrogen-bond acceptors (Lipinski definition) is 1. The van der Waals surface area contributed by atoms with Crippen LogP contribution in [0.3, 0.4) is 0 Å². The van der Waals surface area contributed by atoms with Crippen molar-refractivity contribution in [3.8, 4) is 0 Å². The standard InChI is InChI=1S/C19H24BrN/c1-4-8-15-9-6-10-16(13-15)19(21-5-2)17-11-7-12-18(20)14(17)3/h6-7,9-13,19,21H,4-5,8H2,1-3H3. The molecule has 1 nitrogen and oxygen atoms in total. The summed E-state index contributed by atoms with van der Waals surface area (Å²) in [6.07, 6.45) is 2.33. The van der Waals surface area contributed by atoms with Gasteiger partial charge in [-0.25, -0.2) is 0 Å². The van der Waals surface area contributed by atoms with Gasteiger partial charge in [-0.3, -0.25) is 0 Å². The Morgan fingerprint density at radius 2 is 1.86 bits per heavy atom. The van der Waals surface area contributed by atoms with Crippen molar-refractivity contribution in [3.05, 3.63) is 69.2 Å². The van der Waals surface area contributed by atoms with Gasteiger partial charge in [-0.1, -0.05) is 72.6 Å². The summed E-state index contributed by atoms with van der Waals surface area (Å²) in [5, 5.41) is 3.63. The number of halogens is 1. The van der Waals surface area contributed by atoms with E-state index >= 15 is 0 Å². The Morgan fingerprint density at radius 1 is 1.10 bits per heavy atom. The summed E-state index contributed by atoms with van der Waals surface area (Å²) in [6, 6.07) is 15.7. The van der Waals surface area contributed by atoms with E-state index in [0.29, 0.717) is 0 Å². The highest BCUT2D eigenvalue weighted by atomic mass is 79.9. The molecule has 1 N–H and O–H groups in total. The molecule has 2 heteroatoms. The largest absolute Gasteiger partial charge is 0.307 e. The van der Waals surface area contributed by atoms with Gasteiger partial charge in [0.15, 0.2) is 0 Å². The van der Waals surface area contributed by atoms with E-state index in [0.717, 1.165) is 13.0 Å². The molecular weight excluding hydrogens is 322 g/mol. The minimum absolute atomic E-state index is 0.254. The van der Waals surface area contributed by atoms with Crippen LogP contribution >= 0.6 is 15.9 Å². The topological polar surface area (TPSA) is 12.0 Å². The SMILES string of the molecule is CCCc1cccc(C(NCC)c2cccc(Br)c2C)c1. The molecule has 2 aromatic carbocycles. The predicted octanol–water partition coefficient (Wildman–Crippen LogP) is 5.41. The zero-order chi connectivity index (χ0) is 15.2. The molecule has 0 bridgehead atoms. The molecule has 21 heavy (non-hydrogen) atoms. The van der Waals surface area contributed by atoms with Crippen LogP contribution in [0.5, 0.6) is 0 Å². The second kappa shape index (κ2) is 7.77. The summed E-state index contributed by atoms with van der Waals surface area (Å²) in [5.41, 5.74) is 5.43. The van der Waals surface area contributed by atoms with Crippen molar-refractivity contribution in [1.82, 2.24) is 5.32 Å². The maximum Gasteiger partial charge on any atom is 0.0579 e. The molecule has 0 fully saturated rings. The third kappa shape index (κ3) is 3.96. The molecule has 2 rings (SSSR count). The van der Waals surface area contributed by atoms with Crippen molar-refractivity contribution in [2.45, 2.75) is 39.7 Å². The molecule has 1 atom stereocenters. The molecule has 112 valence electrons. The quantitative estimate of drug-likeness (QED) is 0.737. The lowest BCUT2D eigenvalue weighted by atomic mass is 9.93. The van der Waals surface area contributed by atoms with Crippen molar-refractivity contribution < 1.29 is 0 Å². The Hall–Kier alpha value is -1.12. The van der Waals surface area contributed by atoms with Crippen LogP contribution in [0, 0.1) is 6.92 Å². The van der Waals surface area contributed by atoms with E-state index in [9.17, 15) is 0 Å². The predicted molar refractivity (Wildman–Crippen MR) is 94.8 cm³/mol. The summed E-state index contributed by atoms with van der Waals surface area (Å²) < 4.78 is 1.17. The highest BCUT2D eigenvalue weighted by Gasteiger charge is 2.16. The van der Waals surface area contributed by atoms with E-state index in [1.807, 2.05) is 0 Å². The van der Waals surface area contributed by atoms with Crippen LogP contribution < -0.4 is 5.32 Å². The number of rotatable bonds is 6. The summed E-state index contributed by atoms with van der Waals surface area (Å²) in [5.74, 6) is 0. The van der Waals surface area contributed by atoms with Gasteiger partial charge in [-0.2, -0.15) is 0 Å². The van der Waals surface area contributed by atoms with Crippen molar-refractivity contribution in [1.29, 1.82) is 0 Å². The van der Waals surface area contributed by atoms with E-state index < -0.39 is 0 Å². The first kappa shape index (κ1) is 16.3. The number of nitrogens with one attached hydrogen (secondary N) is 1. The van der Waals surface area contributed by atoms with Crippen LogP contribution in [0.1, 0.15) is 48.6 Å². The molecule has 0 aliphatic heterocycles. The minimum Gasteiger partial charge on any atom is -0.307 e. The van der Waals surface area contributed by atoms with Crippen molar-refractivity contribution in [3.63, 3.8) is 0 Å². The van der Waals surface area contributed by atoms with Gasteiger partial charge in [0.2, 0.25) is 0 Å². The van der Waals surface area contributed by atoms with Crippen molar-refractivity contribution in [2.75, 3.05) is 6.54 Å². The molecule has 0 amide bonds. The van der Waals surface area contributed by atoms with Crippen LogP contribution in [0.4, 0.5) is 0 Å². The Labute approximate surface area is 136 Å². The molecule has 0 heterocycles. The normalized spacial score (nSPS) is 12.4. The van der Waals surface area contributed by atoms with Gasteiger partial charge in [0.25, 0.3) is 0 Å². The zero-order valence-electron chi connectivity index (χ0n) is 13.1. The summed E-state index contributed by atoms with van der Waals surface area (Å²) >= 11 is 3.65. The zero-order valence-corrected chi connectivity index (χ0v) is 14.7. The second-order valence-electron chi connectivity index (χ2n) is 5.44. The maximum atomic E-state index is 3.65. The molecule has 0 spiro atoms. The highest BCUT2D eigenvalue weighted by molar-refractivity contribution is 9.10. The van der Waals surface area contributed by atoms with Gasteiger partial charge < -0.3 is 5.32 Å². The van der Waals surface area contributed by atoms with Gasteiger partial charge in [0.1, 0.15) is 0 Å². The van der Waals surface area contributed by atoms with Crippen LogP contribution in [-0.2, 0) is 6.42 Å². The summed E-state index contributed by atoms with van der Waals surface area (Å²) in [6.45, 7) is 7.53. The van der Waals surface area contributed by atoms with Gasteiger partial charge in [-0.15, -0.1) is 0 Å². The Kier molecular flexibility index (Phi) is 6.01. The van der Waals surface area contributed by atoms with Gasteiger partial charge in [0, 0.05) is 4.47 Å². The first-order chi connectivity index (χ1) is 10.2. The fourth-order valence-electron chi connectivity index (χ4n) is 2.77. The van der Waals surface area contributed by atoms with Gasteiger partial charge >= 0.3 is 0 Å². The fourth-order valence-corrected chi connectivity index (χ4v) is 3.15. The monoisotopic (exact) mass is 345 g/mol. The lowest BCUT2D eigenvalue weighted by Gasteiger charge is -2.22. The first-order valence-electron chi connectivity index (χ1n) is 7.74. The van der Waals surface area contributed by atoms with Crippen molar-refractivity contribution >= 4 is 15.9 Å². The molecule has 0 saturated carbocycles. The fraction of sp³-hybridized carbons (Fsp3) is 0.368. The average Bonchev–Trinajstić information content (AvgIpc) is 2.49. The maximum absolute atomic E-state index is 3.65. The molecule has 0 aliphatic carbocycles. The minimum atomic E-state index is 0.254. The third-order valence-electron chi connectivity index (χ3n) is 3.85. The van der Waals surface area contributed by atoms with E-state index in [1.165, 1.54) is 33.1 Å². The lowest BCUT2D eigenvalue weighted by molar-refractivity contribution is 0.626. The van der Waals surface area contributed by atoms with Crippen LogP contribution in [-0.4, -0.2) is 6.54 Å². The highest BCUT2D eigenvalue weighted by Crippen LogP contribution is 2.29. The number of benzene rings is 2. The van der Waals surface area contributed by atoms with Crippen LogP contribution in [0.15, 0.2) is 46.9 Å². The van der Waals surface area contributed by atoms with E-state index in [4.69, 9.17) is 0 Å². The van der Waals surface area contributed by atoms with E-state index in [-0.39, 0.29) is 6.04 Å². The number of aryl methyl sites for hydroxylation is 1. The molecule has 0 aromatic heterocycles. The van der Waals surface area contributed by atoms with E-state index in [2.05, 4.69) is 84.5 Å². The first-order valence-corrected chi connectivity index (χ1v) is 8.53. The Bertz CT molecular complexity index is 592. The number of hydrogen-bond donors (Lipinski definition) is 1. The summed E-state index contributed by atoms with van der Waals surface area (Å²) in [7, 11) is 0. The van der Waals surface area contributed by atoms with Crippen LogP contribution in [0.25, 0.3) is 0 Å². The second-order valence-corrected chi connectivity index (χ2v) is 6.29. The Morgan fingerprint density at radius 3 is 2.57 bits per heavy atom. The van der Waals surface area contributed by atoms with E-state index in [1.54, 1.807) is 0 Å². The van der Waals surface area contributed by atoms with Crippen molar-refractivity contribution in [2.24, 2.45) is 0 Å². The van der Waals surface area contributed by atoms with Gasteiger partial charge in [0.05, 0.1) is 6.04 Å². The molecular formula is C19H24BrN. The van der Waals surface area contributed by atoms with Gasteiger partial charge in [-0.05, 0) is 48.2 Å². The molecule has 1 unspecified atom stereocenters. The molecule has 2 aromatic rings. The third-order valence-corrected chi connectivity index (χ3v) is 4.71. The smallest absolute Gasteiger partial charge is 0.0579 e. The van der Waals surface area contributed by atoms with Crippen LogP contribution in [0.2, 0.25) is 0 Å². The Balaban J connectivity index is 2.43. The average molecular weight is 346 g/mol.